The summed E-state index contributed by atoms with van der Waals surface area (Å²) in [7, 11) is 3.95. The molecule has 7 heteroatoms. The van der Waals surface area contributed by atoms with Gasteiger partial charge in [-0.3, -0.25) is 0 Å². The first-order valence-electron chi connectivity index (χ1n) is 10.3. The molecule has 0 unspecified atom stereocenters. The summed E-state index contributed by atoms with van der Waals surface area (Å²) in [4.78, 5) is 3.12. The van der Waals surface area contributed by atoms with Crippen molar-refractivity contribution in [3.8, 4) is 5.75 Å². The molecule has 1 atom stereocenters. The quantitative estimate of drug-likeness (QED) is 0.594. The van der Waals surface area contributed by atoms with Crippen molar-refractivity contribution in [2.24, 2.45) is 0 Å². The van der Waals surface area contributed by atoms with Crippen molar-refractivity contribution in [3.05, 3.63) is 71.0 Å². The SMILES string of the molecule is COc1ccc(Cn2nnnc2[C@@H](c2ccc(C)cc2)[NH+]2CC[NH+](C)CC2)cc1. The first-order chi connectivity index (χ1) is 14.1. The minimum atomic E-state index is 0.136. The number of hydrogen-bond donors (Lipinski definition) is 2. The lowest BCUT2D eigenvalue weighted by atomic mass is 10.0. The number of aromatic nitrogens is 4. The van der Waals surface area contributed by atoms with Crippen LogP contribution in [0, 0.1) is 6.92 Å². The zero-order valence-corrected chi connectivity index (χ0v) is 17.4. The normalized spacial score (nSPS) is 20.4. The average Bonchev–Trinajstić information content (AvgIpc) is 3.19. The van der Waals surface area contributed by atoms with Crippen LogP contribution < -0.4 is 14.5 Å². The van der Waals surface area contributed by atoms with Gasteiger partial charge >= 0.3 is 0 Å². The summed E-state index contributed by atoms with van der Waals surface area (Å²) in [5.74, 6) is 1.78. The fraction of sp³-hybridized carbons (Fsp3) is 0.409. The Bertz CT molecular complexity index is 913. The Labute approximate surface area is 171 Å². The Balaban J connectivity index is 1.65. The first kappa shape index (κ1) is 19.5. The highest BCUT2D eigenvalue weighted by molar-refractivity contribution is 5.28. The maximum atomic E-state index is 5.27. The lowest BCUT2D eigenvalue weighted by Gasteiger charge is -2.32. The fourth-order valence-electron chi connectivity index (χ4n) is 4.05. The van der Waals surface area contributed by atoms with Crippen LogP contribution in [0.1, 0.15) is 28.6 Å². The topological polar surface area (TPSA) is 61.7 Å². The average molecular weight is 395 g/mol. The number of tetrazole rings is 1. The van der Waals surface area contributed by atoms with E-state index in [9.17, 15) is 0 Å². The molecule has 0 spiro atoms. The van der Waals surface area contributed by atoms with Crippen LogP contribution in [0.2, 0.25) is 0 Å². The lowest BCUT2D eigenvalue weighted by Crippen LogP contribution is -3.27. The Hall–Kier alpha value is -2.77. The van der Waals surface area contributed by atoms with Gasteiger partial charge < -0.3 is 14.5 Å². The lowest BCUT2D eigenvalue weighted by molar-refractivity contribution is -1.02. The van der Waals surface area contributed by atoms with Crippen molar-refractivity contribution in [2.45, 2.75) is 19.5 Å². The maximum absolute atomic E-state index is 5.27. The number of ether oxygens (including phenoxy) is 1. The smallest absolute Gasteiger partial charge is 0.214 e. The number of rotatable bonds is 6. The molecule has 0 amide bonds. The van der Waals surface area contributed by atoms with E-state index < -0.39 is 0 Å². The van der Waals surface area contributed by atoms with Crippen molar-refractivity contribution in [3.63, 3.8) is 0 Å². The number of piperazine rings is 1. The predicted molar refractivity (Wildman–Crippen MR) is 110 cm³/mol. The van der Waals surface area contributed by atoms with Crippen LogP contribution in [0.25, 0.3) is 0 Å². The van der Waals surface area contributed by atoms with Gasteiger partial charge in [-0.25, -0.2) is 4.68 Å². The third-order valence-electron chi connectivity index (χ3n) is 5.87. The largest absolute Gasteiger partial charge is 0.497 e. The van der Waals surface area contributed by atoms with Crippen molar-refractivity contribution < 1.29 is 14.5 Å². The van der Waals surface area contributed by atoms with Crippen LogP contribution in [0.4, 0.5) is 0 Å². The number of likely N-dealkylation sites (N-methyl/N-ethyl adjacent to an activating group) is 1. The number of aryl methyl sites for hydroxylation is 1. The summed E-state index contributed by atoms with van der Waals surface area (Å²) in [5, 5.41) is 12.9. The van der Waals surface area contributed by atoms with Gasteiger partial charge in [0.15, 0.2) is 6.04 Å². The van der Waals surface area contributed by atoms with Crippen LogP contribution >= 0.6 is 0 Å². The maximum Gasteiger partial charge on any atom is 0.214 e. The van der Waals surface area contributed by atoms with Crippen molar-refractivity contribution in [1.82, 2.24) is 20.2 Å². The monoisotopic (exact) mass is 394 g/mol. The minimum Gasteiger partial charge on any atom is -0.497 e. The Morgan fingerprint density at radius 3 is 2.34 bits per heavy atom. The van der Waals surface area contributed by atoms with Gasteiger partial charge in [0.25, 0.3) is 0 Å². The van der Waals surface area contributed by atoms with Gasteiger partial charge in [-0.05, 0) is 35.0 Å². The summed E-state index contributed by atoms with van der Waals surface area (Å²) < 4.78 is 7.22. The van der Waals surface area contributed by atoms with E-state index in [4.69, 9.17) is 4.74 Å². The molecule has 152 valence electrons. The van der Waals surface area contributed by atoms with Crippen LogP contribution in [-0.2, 0) is 6.54 Å². The van der Waals surface area contributed by atoms with E-state index in [2.05, 4.69) is 65.9 Å². The molecule has 1 aliphatic rings. The van der Waals surface area contributed by atoms with E-state index in [0.717, 1.165) is 43.3 Å². The number of nitrogens with one attached hydrogen (secondary N) is 2. The second-order valence-electron chi connectivity index (χ2n) is 8.00. The van der Waals surface area contributed by atoms with E-state index in [0.29, 0.717) is 6.54 Å². The van der Waals surface area contributed by atoms with Gasteiger partial charge in [0, 0.05) is 5.56 Å². The molecule has 2 heterocycles. The molecule has 4 rings (SSSR count). The van der Waals surface area contributed by atoms with Crippen LogP contribution in [0.5, 0.6) is 5.75 Å². The van der Waals surface area contributed by atoms with Gasteiger partial charge in [-0.15, -0.1) is 5.10 Å². The molecule has 1 aliphatic heterocycles. The number of quaternary nitrogens is 2. The van der Waals surface area contributed by atoms with Crippen molar-refractivity contribution >= 4 is 0 Å². The molecule has 1 fully saturated rings. The summed E-state index contributed by atoms with van der Waals surface area (Å²) in [6.45, 7) is 7.32. The molecule has 3 aromatic rings. The number of hydrogen-bond acceptors (Lipinski definition) is 4. The van der Waals surface area contributed by atoms with Crippen LogP contribution in [0.15, 0.2) is 48.5 Å². The summed E-state index contributed by atoms with van der Waals surface area (Å²) >= 11 is 0. The number of benzene rings is 2. The molecule has 0 radical (unpaired) electrons. The molecule has 2 aromatic carbocycles. The summed E-state index contributed by atoms with van der Waals surface area (Å²) in [5.41, 5.74) is 3.69. The molecule has 7 nitrogen and oxygen atoms in total. The second kappa shape index (κ2) is 8.71. The van der Waals surface area contributed by atoms with Gasteiger partial charge in [0.1, 0.15) is 31.9 Å². The molecule has 29 heavy (non-hydrogen) atoms. The highest BCUT2D eigenvalue weighted by Gasteiger charge is 2.34. The number of methoxy groups -OCH3 is 1. The molecule has 1 aromatic heterocycles. The molecule has 0 aliphatic carbocycles. The van der Waals surface area contributed by atoms with Gasteiger partial charge in [-0.2, -0.15) is 0 Å². The Kier molecular flexibility index (Phi) is 5.87. The Morgan fingerprint density at radius 2 is 1.69 bits per heavy atom. The van der Waals surface area contributed by atoms with E-state index in [-0.39, 0.29) is 6.04 Å². The fourth-order valence-corrected chi connectivity index (χ4v) is 4.05. The number of nitrogens with zero attached hydrogens (tertiary/aromatic N) is 4. The van der Waals surface area contributed by atoms with Crippen LogP contribution in [-0.4, -0.2) is 60.5 Å². The standard InChI is InChI=1S/C22H28N6O/c1-17-4-8-19(9-5-17)21(27-14-12-26(2)13-15-27)22-23-24-25-28(22)16-18-6-10-20(29-3)11-7-18/h4-11,21H,12-16H2,1-3H3/p+2/t21-/m1/s1. The van der Waals surface area contributed by atoms with Crippen molar-refractivity contribution in [1.29, 1.82) is 0 Å². The van der Waals surface area contributed by atoms with Crippen LogP contribution in [0.3, 0.4) is 0 Å². The molecule has 0 saturated carbocycles. The molecular weight excluding hydrogens is 364 g/mol. The van der Waals surface area contributed by atoms with E-state index in [1.807, 2.05) is 16.8 Å². The zero-order chi connectivity index (χ0) is 20.2. The van der Waals surface area contributed by atoms with Gasteiger partial charge in [0.2, 0.25) is 5.82 Å². The zero-order valence-electron chi connectivity index (χ0n) is 17.4. The molecule has 1 saturated heterocycles. The molecule has 0 bridgehead atoms. The minimum absolute atomic E-state index is 0.136. The molecule has 2 N–H and O–H groups in total. The summed E-state index contributed by atoms with van der Waals surface area (Å²) in [6, 6.07) is 17.0. The third kappa shape index (κ3) is 4.46. The predicted octanol–water partition coefficient (Wildman–Crippen LogP) is -0.459. The van der Waals surface area contributed by atoms with E-state index in [1.165, 1.54) is 16.0 Å². The molecular formula is C22H30N6O+2. The second-order valence-corrected chi connectivity index (χ2v) is 8.00. The van der Waals surface area contributed by atoms with Gasteiger partial charge in [0.05, 0.1) is 20.7 Å². The summed E-state index contributed by atoms with van der Waals surface area (Å²) in [6.07, 6.45) is 0. The van der Waals surface area contributed by atoms with E-state index in [1.54, 1.807) is 12.0 Å². The van der Waals surface area contributed by atoms with Crippen molar-refractivity contribution in [2.75, 3.05) is 40.3 Å². The van der Waals surface area contributed by atoms with Gasteiger partial charge in [-0.1, -0.05) is 42.0 Å². The Morgan fingerprint density at radius 1 is 1.00 bits per heavy atom. The third-order valence-corrected chi connectivity index (χ3v) is 5.87. The highest BCUT2D eigenvalue weighted by Crippen LogP contribution is 2.19. The van der Waals surface area contributed by atoms with E-state index >= 15 is 0 Å². The highest BCUT2D eigenvalue weighted by atomic mass is 16.5. The first-order valence-corrected chi connectivity index (χ1v) is 10.3.